The summed E-state index contributed by atoms with van der Waals surface area (Å²) in [6.45, 7) is 9.51. The molecule has 0 spiro atoms. The van der Waals surface area contributed by atoms with Crippen molar-refractivity contribution in [2.24, 2.45) is 0 Å². The van der Waals surface area contributed by atoms with Gasteiger partial charge in [0.2, 0.25) is 0 Å². The lowest BCUT2D eigenvalue weighted by molar-refractivity contribution is 0.0984. The molecule has 0 saturated heterocycles. The van der Waals surface area contributed by atoms with E-state index >= 15 is 0 Å². The zero-order chi connectivity index (χ0) is 20.1. The van der Waals surface area contributed by atoms with Gasteiger partial charge < -0.3 is 4.90 Å². The topological polar surface area (TPSA) is 60.2 Å². The SMILES string of the molecule is CCN(CC)CCN(C(=O)c1ccc(C#N)cc1)c1nc2c(C)cccc2s1.Cl. The van der Waals surface area contributed by atoms with Crippen molar-refractivity contribution in [3.05, 3.63) is 59.2 Å². The van der Waals surface area contributed by atoms with Crippen LogP contribution in [0.25, 0.3) is 10.2 Å². The highest BCUT2D eigenvalue weighted by atomic mass is 35.5. The fourth-order valence-corrected chi connectivity index (χ4v) is 4.17. The average Bonchev–Trinajstić information content (AvgIpc) is 3.16. The summed E-state index contributed by atoms with van der Waals surface area (Å²) in [6.07, 6.45) is 0. The van der Waals surface area contributed by atoms with Crippen LogP contribution in [0.1, 0.15) is 35.3 Å². The van der Waals surface area contributed by atoms with Crippen LogP contribution in [0.5, 0.6) is 0 Å². The number of para-hydroxylation sites is 1. The zero-order valence-electron chi connectivity index (χ0n) is 16.9. The standard InChI is InChI=1S/C22H24N4OS.ClH/c1-4-25(5-2)13-14-26(21(27)18-11-9-17(15-23)10-12-18)22-24-20-16(3)7-6-8-19(20)28-22;/h6-12H,4-5,13-14H2,1-3H3;1H. The van der Waals surface area contributed by atoms with Crippen LogP contribution in [0.4, 0.5) is 5.13 Å². The normalized spacial score (nSPS) is 10.6. The van der Waals surface area contributed by atoms with Crippen LogP contribution in [-0.4, -0.2) is 42.0 Å². The lowest BCUT2D eigenvalue weighted by atomic mass is 10.1. The van der Waals surface area contributed by atoms with Gasteiger partial charge in [-0.05, 0) is 55.9 Å². The molecule has 0 aliphatic heterocycles. The van der Waals surface area contributed by atoms with Gasteiger partial charge in [0.25, 0.3) is 5.91 Å². The van der Waals surface area contributed by atoms with E-state index in [4.69, 9.17) is 10.2 Å². The molecule has 0 N–H and O–H groups in total. The summed E-state index contributed by atoms with van der Waals surface area (Å²) < 4.78 is 1.08. The fourth-order valence-electron chi connectivity index (χ4n) is 3.10. The summed E-state index contributed by atoms with van der Waals surface area (Å²) in [6, 6.07) is 15.0. The number of anilines is 1. The first-order valence-electron chi connectivity index (χ1n) is 9.47. The van der Waals surface area contributed by atoms with E-state index in [0.29, 0.717) is 22.8 Å². The van der Waals surface area contributed by atoms with Gasteiger partial charge in [-0.3, -0.25) is 9.69 Å². The maximum absolute atomic E-state index is 13.3. The monoisotopic (exact) mass is 428 g/mol. The Kier molecular flexibility index (Phi) is 8.15. The number of hydrogen-bond acceptors (Lipinski definition) is 5. The Labute approximate surface area is 182 Å². The number of carbonyl (C=O) groups excluding carboxylic acids is 1. The molecule has 3 rings (SSSR count). The van der Waals surface area contributed by atoms with Crippen molar-refractivity contribution in [2.45, 2.75) is 20.8 Å². The maximum atomic E-state index is 13.3. The third-order valence-electron chi connectivity index (χ3n) is 4.88. The molecule has 5 nitrogen and oxygen atoms in total. The number of nitriles is 1. The third-order valence-corrected chi connectivity index (χ3v) is 5.92. The van der Waals surface area contributed by atoms with E-state index in [9.17, 15) is 4.79 Å². The number of amides is 1. The molecular formula is C22H25ClN4OS. The van der Waals surface area contributed by atoms with Gasteiger partial charge in [0.1, 0.15) is 0 Å². The zero-order valence-corrected chi connectivity index (χ0v) is 18.5. The van der Waals surface area contributed by atoms with E-state index in [0.717, 1.165) is 35.4 Å². The molecule has 1 amide bonds. The fraction of sp³-hybridized carbons (Fsp3) is 0.318. The summed E-state index contributed by atoms with van der Waals surface area (Å²) in [7, 11) is 0. The molecule has 0 unspecified atom stereocenters. The maximum Gasteiger partial charge on any atom is 0.260 e. The third kappa shape index (κ3) is 5.13. The summed E-state index contributed by atoms with van der Waals surface area (Å²) >= 11 is 1.54. The van der Waals surface area contributed by atoms with Crippen molar-refractivity contribution < 1.29 is 4.79 Å². The van der Waals surface area contributed by atoms with Crippen LogP contribution >= 0.6 is 23.7 Å². The second-order valence-corrected chi connectivity index (χ2v) is 7.60. The van der Waals surface area contributed by atoms with E-state index in [1.54, 1.807) is 40.5 Å². The molecule has 0 aliphatic carbocycles. The van der Waals surface area contributed by atoms with Crippen LogP contribution in [0.15, 0.2) is 42.5 Å². The predicted octanol–water partition coefficient (Wildman–Crippen LogP) is 4.89. The van der Waals surface area contributed by atoms with E-state index < -0.39 is 0 Å². The number of hydrogen-bond donors (Lipinski definition) is 0. The minimum absolute atomic E-state index is 0. The van der Waals surface area contributed by atoms with Gasteiger partial charge in [0.15, 0.2) is 5.13 Å². The highest BCUT2D eigenvalue weighted by Crippen LogP contribution is 2.31. The number of likely N-dealkylation sites (N-methyl/N-ethyl adjacent to an activating group) is 1. The first-order valence-corrected chi connectivity index (χ1v) is 10.3. The molecule has 152 valence electrons. The minimum atomic E-state index is -0.0895. The molecular weight excluding hydrogens is 404 g/mol. The van der Waals surface area contributed by atoms with Crippen LogP contribution in [0, 0.1) is 18.3 Å². The quantitative estimate of drug-likeness (QED) is 0.537. The van der Waals surface area contributed by atoms with Crippen molar-refractivity contribution in [1.82, 2.24) is 9.88 Å². The largest absolute Gasteiger partial charge is 0.302 e. The first kappa shape index (κ1) is 22.8. The van der Waals surface area contributed by atoms with Crippen molar-refractivity contribution in [3.8, 4) is 6.07 Å². The Morgan fingerprint density at radius 2 is 1.79 bits per heavy atom. The summed E-state index contributed by atoms with van der Waals surface area (Å²) in [5, 5.41) is 9.71. The number of aromatic nitrogens is 1. The lowest BCUT2D eigenvalue weighted by Crippen LogP contribution is -2.38. The number of carbonyl (C=O) groups is 1. The van der Waals surface area contributed by atoms with E-state index in [2.05, 4.69) is 24.8 Å². The van der Waals surface area contributed by atoms with Gasteiger partial charge in [0.05, 0.1) is 21.8 Å². The Morgan fingerprint density at radius 3 is 2.38 bits per heavy atom. The van der Waals surface area contributed by atoms with Crippen molar-refractivity contribution in [2.75, 3.05) is 31.1 Å². The molecule has 1 aromatic heterocycles. The number of halogens is 1. The minimum Gasteiger partial charge on any atom is -0.302 e. The van der Waals surface area contributed by atoms with Gasteiger partial charge in [-0.25, -0.2) is 4.98 Å². The highest BCUT2D eigenvalue weighted by Gasteiger charge is 2.22. The van der Waals surface area contributed by atoms with Crippen molar-refractivity contribution in [1.29, 1.82) is 5.26 Å². The number of aryl methyl sites for hydroxylation is 1. The molecule has 3 aromatic rings. The predicted molar refractivity (Wildman–Crippen MR) is 122 cm³/mol. The second-order valence-electron chi connectivity index (χ2n) is 6.59. The van der Waals surface area contributed by atoms with Crippen LogP contribution in [0.3, 0.4) is 0 Å². The van der Waals surface area contributed by atoms with Crippen LogP contribution in [0.2, 0.25) is 0 Å². The Hall–Kier alpha value is -2.46. The summed E-state index contributed by atoms with van der Waals surface area (Å²) in [5.41, 5.74) is 3.16. The molecule has 0 atom stereocenters. The molecule has 29 heavy (non-hydrogen) atoms. The van der Waals surface area contributed by atoms with Crippen LogP contribution < -0.4 is 4.90 Å². The van der Waals surface area contributed by atoms with Crippen molar-refractivity contribution >= 4 is 45.0 Å². The van der Waals surface area contributed by atoms with Gasteiger partial charge >= 0.3 is 0 Å². The Bertz CT molecular complexity index is 1010. The molecule has 1 heterocycles. The highest BCUT2D eigenvalue weighted by molar-refractivity contribution is 7.22. The number of rotatable bonds is 7. The van der Waals surface area contributed by atoms with Gasteiger partial charge in [-0.15, -0.1) is 12.4 Å². The Balaban J connectivity index is 0.00000300. The van der Waals surface area contributed by atoms with Gasteiger partial charge in [-0.2, -0.15) is 5.26 Å². The van der Waals surface area contributed by atoms with E-state index in [-0.39, 0.29) is 18.3 Å². The number of nitrogens with zero attached hydrogens (tertiary/aromatic N) is 4. The van der Waals surface area contributed by atoms with Crippen molar-refractivity contribution in [3.63, 3.8) is 0 Å². The molecule has 0 saturated carbocycles. The molecule has 0 fully saturated rings. The molecule has 0 radical (unpaired) electrons. The molecule has 0 bridgehead atoms. The van der Waals surface area contributed by atoms with Gasteiger partial charge in [0, 0.05) is 18.7 Å². The number of benzene rings is 2. The van der Waals surface area contributed by atoms with Crippen LogP contribution in [-0.2, 0) is 0 Å². The van der Waals surface area contributed by atoms with E-state index in [1.807, 2.05) is 25.1 Å². The second kappa shape index (κ2) is 10.4. The molecule has 2 aromatic carbocycles. The summed E-state index contributed by atoms with van der Waals surface area (Å²) in [5.74, 6) is -0.0895. The average molecular weight is 429 g/mol. The number of thiazole rings is 1. The smallest absolute Gasteiger partial charge is 0.260 e. The lowest BCUT2D eigenvalue weighted by Gasteiger charge is -2.24. The molecule has 7 heteroatoms. The first-order chi connectivity index (χ1) is 13.6. The van der Waals surface area contributed by atoms with Gasteiger partial charge in [-0.1, -0.05) is 37.3 Å². The number of fused-ring (bicyclic) bond motifs is 1. The van der Waals surface area contributed by atoms with E-state index in [1.165, 1.54) is 0 Å². The Morgan fingerprint density at radius 1 is 1.10 bits per heavy atom. The summed E-state index contributed by atoms with van der Waals surface area (Å²) in [4.78, 5) is 22.1. The molecule has 0 aliphatic rings.